The van der Waals surface area contributed by atoms with E-state index in [4.69, 9.17) is 0 Å². The summed E-state index contributed by atoms with van der Waals surface area (Å²) in [6, 6.07) is 9.23. The van der Waals surface area contributed by atoms with Crippen molar-refractivity contribution < 1.29 is 9.72 Å². The van der Waals surface area contributed by atoms with Gasteiger partial charge in [-0.1, -0.05) is 13.0 Å². The highest BCUT2D eigenvalue weighted by Crippen LogP contribution is 2.29. The van der Waals surface area contributed by atoms with Crippen LogP contribution in [0.15, 0.2) is 41.2 Å². The van der Waals surface area contributed by atoms with Crippen molar-refractivity contribution in [2.45, 2.75) is 13.3 Å². The largest absolute Gasteiger partial charge is 0.285 e. The minimum Gasteiger partial charge on any atom is -0.285 e. The van der Waals surface area contributed by atoms with Gasteiger partial charge in [0.05, 0.1) is 27.1 Å². The molecule has 24 heavy (non-hydrogen) atoms. The highest BCUT2D eigenvalue weighted by molar-refractivity contribution is 6.13. The summed E-state index contributed by atoms with van der Waals surface area (Å²) >= 11 is 0. The van der Waals surface area contributed by atoms with E-state index < -0.39 is 10.7 Å². The van der Waals surface area contributed by atoms with Gasteiger partial charge in [0.2, 0.25) is 5.78 Å². The maximum atomic E-state index is 12.9. The summed E-state index contributed by atoms with van der Waals surface area (Å²) in [7, 11) is 0. The van der Waals surface area contributed by atoms with Gasteiger partial charge in [-0.3, -0.25) is 24.3 Å². The highest BCUT2D eigenvalue weighted by Gasteiger charge is 2.31. The van der Waals surface area contributed by atoms with Crippen LogP contribution in [0, 0.1) is 10.1 Å². The van der Waals surface area contributed by atoms with Crippen LogP contribution in [0.1, 0.15) is 28.7 Å². The lowest BCUT2D eigenvalue weighted by Gasteiger charge is -2.06. The van der Waals surface area contributed by atoms with Crippen molar-refractivity contribution in [3.8, 4) is 5.69 Å². The Balaban J connectivity index is 2.06. The van der Waals surface area contributed by atoms with Gasteiger partial charge in [0.25, 0.3) is 11.2 Å². The first-order chi connectivity index (χ1) is 11.5. The van der Waals surface area contributed by atoms with Gasteiger partial charge in [0.1, 0.15) is 0 Å². The second-order valence-corrected chi connectivity index (χ2v) is 5.57. The summed E-state index contributed by atoms with van der Waals surface area (Å²) in [6.45, 7) is 1.98. The summed E-state index contributed by atoms with van der Waals surface area (Å²) in [5.41, 5.74) is 1.36. The fraction of sp³-hybridized carbons (Fsp3) is 0.118. The molecule has 0 radical (unpaired) electrons. The number of fused-ring (bicyclic) bond motifs is 4. The Hall–Kier alpha value is -3.35. The third-order valence-corrected chi connectivity index (χ3v) is 4.22. The first kappa shape index (κ1) is 14.3. The Labute approximate surface area is 135 Å². The quantitative estimate of drug-likeness (QED) is 0.417. The molecular weight excluding hydrogens is 310 g/mol. The number of nitro groups is 1. The normalized spacial score (nSPS) is 12.3. The monoisotopic (exact) mass is 321 g/mol. The van der Waals surface area contributed by atoms with E-state index in [1.807, 2.05) is 13.0 Å². The van der Waals surface area contributed by atoms with Gasteiger partial charge in [0, 0.05) is 12.1 Å². The van der Waals surface area contributed by atoms with Gasteiger partial charge in [-0.15, -0.1) is 0 Å². The molecule has 7 heteroatoms. The van der Waals surface area contributed by atoms with Crippen molar-refractivity contribution in [3.63, 3.8) is 0 Å². The minimum atomic E-state index is -0.573. The lowest BCUT2D eigenvalue weighted by Crippen LogP contribution is -2.21. The second kappa shape index (κ2) is 4.82. The van der Waals surface area contributed by atoms with Crippen molar-refractivity contribution >= 4 is 22.4 Å². The Bertz CT molecular complexity index is 1110. The van der Waals surface area contributed by atoms with Gasteiger partial charge in [-0.25, -0.2) is 4.98 Å². The number of hydrogen-bond donors (Lipinski definition) is 0. The lowest BCUT2D eigenvalue weighted by molar-refractivity contribution is -0.384. The molecule has 0 spiro atoms. The van der Waals surface area contributed by atoms with E-state index in [9.17, 15) is 19.7 Å². The molecule has 2 heterocycles. The molecule has 4 rings (SSSR count). The number of aromatic nitrogens is 2. The maximum absolute atomic E-state index is 12.9. The number of non-ortho nitro benzene ring substituents is 1. The van der Waals surface area contributed by atoms with Crippen LogP contribution in [0.5, 0.6) is 0 Å². The predicted molar refractivity (Wildman–Crippen MR) is 86.8 cm³/mol. The molecule has 1 aliphatic heterocycles. The summed E-state index contributed by atoms with van der Waals surface area (Å²) in [6.07, 6.45) is 0.777. The molecule has 7 nitrogen and oxygen atoms in total. The molecule has 3 aromatic rings. The number of aryl methyl sites for hydroxylation is 1. The van der Waals surface area contributed by atoms with E-state index in [0.29, 0.717) is 16.6 Å². The van der Waals surface area contributed by atoms with Crippen molar-refractivity contribution in [1.29, 1.82) is 0 Å². The Morgan fingerprint density at radius 2 is 1.96 bits per heavy atom. The molecule has 0 saturated heterocycles. The summed E-state index contributed by atoms with van der Waals surface area (Å²) < 4.78 is 1.24. The van der Waals surface area contributed by atoms with Crippen molar-refractivity contribution in [2.24, 2.45) is 0 Å². The van der Waals surface area contributed by atoms with Gasteiger partial charge >= 0.3 is 0 Å². The van der Waals surface area contributed by atoms with Gasteiger partial charge in [-0.05, 0) is 30.2 Å². The van der Waals surface area contributed by atoms with E-state index >= 15 is 0 Å². The first-order valence-corrected chi connectivity index (χ1v) is 7.40. The molecule has 1 aromatic heterocycles. The number of carbonyl (C=O) groups excluding carboxylic acids is 1. The van der Waals surface area contributed by atoms with Crippen LogP contribution in [0.4, 0.5) is 5.69 Å². The number of rotatable bonds is 2. The third kappa shape index (κ3) is 1.81. The molecule has 0 atom stereocenters. The molecule has 2 aromatic carbocycles. The molecular formula is C17H11N3O4. The third-order valence-electron chi connectivity index (χ3n) is 4.22. The molecule has 0 fully saturated rings. The minimum absolute atomic E-state index is 0.00718. The second-order valence-electron chi connectivity index (χ2n) is 5.57. The molecule has 1 aliphatic rings. The number of hydrogen-bond acceptors (Lipinski definition) is 5. The zero-order valence-corrected chi connectivity index (χ0v) is 12.6. The SMILES string of the molecule is CCc1ccc2nc3n(c(=O)c2c1)-c1ccc([N+](=O)[O-])cc1C3=O. The Morgan fingerprint density at radius 1 is 1.17 bits per heavy atom. The fourth-order valence-electron chi connectivity index (χ4n) is 2.96. The van der Waals surface area contributed by atoms with Gasteiger partial charge in [0.15, 0.2) is 5.82 Å². The van der Waals surface area contributed by atoms with Crippen LogP contribution in [-0.2, 0) is 6.42 Å². The number of nitrogens with zero attached hydrogens (tertiary/aromatic N) is 3. The van der Waals surface area contributed by atoms with E-state index in [2.05, 4.69) is 4.98 Å². The maximum Gasteiger partial charge on any atom is 0.270 e. The summed E-state index contributed by atoms with van der Waals surface area (Å²) in [5.74, 6) is -0.487. The zero-order valence-electron chi connectivity index (χ0n) is 12.6. The Morgan fingerprint density at radius 3 is 2.67 bits per heavy atom. The van der Waals surface area contributed by atoms with E-state index in [-0.39, 0.29) is 22.6 Å². The van der Waals surface area contributed by atoms with Crippen molar-refractivity contribution in [1.82, 2.24) is 9.55 Å². The summed E-state index contributed by atoms with van der Waals surface area (Å²) in [5, 5.41) is 11.3. The number of ketones is 1. The summed E-state index contributed by atoms with van der Waals surface area (Å²) in [4.78, 5) is 40.0. The van der Waals surface area contributed by atoms with Crippen LogP contribution < -0.4 is 5.56 Å². The highest BCUT2D eigenvalue weighted by atomic mass is 16.6. The molecule has 0 N–H and O–H groups in total. The molecule has 0 amide bonds. The number of nitro benzene ring substituents is 1. The fourth-order valence-corrected chi connectivity index (χ4v) is 2.96. The average molecular weight is 321 g/mol. The van der Waals surface area contributed by atoms with Gasteiger partial charge < -0.3 is 0 Å². The van der Waals surface area contributed by atoms with E-state index in [0.717, 1.165) is 12.0 Å². The zero-order chi connectivity index (χ0) is 17.0. The number of benzene rings is 2. The van der Waals surface area contributed by atoms with Crippen molar-refractivity contribution in [3.05, 3.63) is 73.8 Å². The number of carbonyl (C=O) groups is 1. The topological polar surface area (TPSA) is 95.1 Å². The standard InChI is InChI=1S/C17H11N3O4/c1-2-9-3-5-13-11(7-9)17(22)19-14-6-4-10(20(23)24)8-12(14)15(21)16(19)18-13/h3-8H,2H2,1H3. The first-order valence-electron chi connectivity index (χ1n) is 7.40. The van der Waals surface area contributed by atoms with Crippen LogP contribution in [0.2, 0.25) is 0 Å². The van der Waals surface area contributed by atoms with Crippen LogP contribution in [-0.4, -0.2) is 20.3 Å². The lowest BCUT2D eigenvalue weighted by atomic mass is 10.1. The van der Waals surface area contributed by atoms with Gasteiger partial charge in [-0.2, -0.15) is 0 Å². The molecule has 0 unspecified atom stereocenters. The Kier molecular flexibility index (Phi) is 2.86. The predicted octanol–water partition coefficient (Wildman–Crippen LogP) is 2.40. The smallest absolute Gasteiger partial charge is 0.270 e. The molecule has 0 aliphatic carbocycles. The van der Waals surface area contributed by atoms with Crippen LogP contribution >= 0.6 is 0 Å². The average Bonchev–Trinajstić information content (AvgIpc) is 2.87. The van der Waals surface area contributed by atoms with E-state index in [1.54, 1.807) is 12.1 Å². The van der Waals surface area contributed by atoms with E-state index in [1.165, 1.54) is 22.8 Å². The molecule has 118 valence electrons. The van der Waals surface area contributed by atoms with Crippen LogP contribution in [0.25, 0.3) is 16.6 Å². The van der Waals surface area contributed by atoms with Crippen molar-refractivity contribution in [2.75, 3.05) is 0 Å². The molecule has 0 bridgehead atoms. The van der Waals surface area contributed by atoms with Crippen LogP contribution in [0.3, 0.4) is 0 Å². The molecule has 0 saturated carbocycles.